The van der Waals surface area contributed by atoms with Gasteiger partial charge in [-0.05, 0) is 94.5 Å². The molecule has 40 heavy (non-hydrogen) atoms. The van der Waals surface area contributed by atoms with Gasteiger partial charge in [0.05, 0.1) is 28.7 Å². The van der Waals surface area contributed by atoms with E-state index in [1.54, 1.807) is 0 Å². The number of aromatic nitrogens is 4. The number of carbonyl (C=O) groups is 1. The molecule has 2 unspecified atom stereocenters. The number of allylic oxidation sites excluding steroid dienone is 4. The van der Waals surface area contributed by atoms with Crippen molar-refractivity contribution in [3.05, 3.63) is 107 Å². The number of pyridine rings is 1. The highest BCUT2D eigenvalue weighted by atomic mass is 16.1. The minimum atomic E-state index is -0.975. The summed E-state index contributed by atoms with van der Waals surface area (Å²) in [7, 11) is 0. The zero-order valence-corrected chi connectivity index (χ0v) is 22.8. The van der Waals surface area contributed by atoms with E-state index in [-0.39, 0.29) is 5.78 Å². The second-order valence-corrected chi connectivity index (χ2v) is 11.5. The largest absolute Gasteiger partial charge is 0.372 e. The van der Waals surface area contributed by atoms with E-state index in [0.29, 0.717) is 0 Å². The Morgan fingerprint density at radius 1 is 0.875 bits per heavy atom. The molecule has 0 radical (unpaired) electrons. The van der Waals surface area contributed by atoms with Gasteiger partial charge in [0.15, 0.2) is 11.4 Å². The van der Waals surface area contributed by atoms with Crippen molar-refractivity contribution in [3.8, 4) is 11.1 Å². The lowest BCUT2D eigenvalue weighted by molar-refractivity contribution is -0.126. The molecule has 1 saturated heterocycles. The van der Waals surface area contributed by atoms with E-state index in [4.69, 9.17) is 15.1 Å². The van der Waals surface area contributed by atoms with Crippen LogP contribution in [0.2, 0.25) is 0 Å². The molecule has 1 fully saturated rings. The number of ketones is 1. The minimum Gasteiger partial charge on any atom is -0.372 e. The lowest BCUT2D eigenvalue weighted by atomic mass is 9.80. The molecule has 2 N–H and O–H groups in total. The minimum absolute atomic E-state index is 0.0671. The SMILES string of the molecule is Cc1ccc(-c2cnn(C34C=CC(=N3)C=c3ccc([nH]3)=CC3=NC(=CC5(C)NC(=C4)C(C)(C)C5=O)C=C3)c2)cn1. The molecule has 198 valence electrons. The maximum absolute atomic E-state index is 13.9. The Morgan fingerprint density at radius 2 is 1.68 bits per heavy atom. The maximum Gasteiger partial charge on any atom is 0.192 e. The molecule has 8 nitrogen and oxygen atoms in total. The highest BCUT2D eigenvalue weighted by Gasteiger charge is 2.52. The third kappa shape index (κ3) is 3.87. The number of nitrogens with zero attached hydrogens (tertiary/aromatic N) is 5. The number of H-pyrrole nitrogens is 1. The Hall–Kier alpha value is -4.85. The Bertz CT molecular complexity index is 1890. The lowest BCUT2D eigenvalue weighted by Crippen LogP contribution is -2.41. The molecule has 0 aliphatic carbocycles. The summed E-state index contributed by atoms with van der Waals surface area (Å²) in [6, 6.07) is 8.07. The molecule has 3 aromatic heterocycles. The number of carbonyl (C=O) groups excluding carboxylic acids is 1. The molecule has 2 atom stereocenters. The fourth-order valence-corrected chi connectivity index (χ4v) is 5.71. The first kappa shape index (κ1) is 24.2. The summed E-state index contributed by atoms with van der Waals surface area (Å²) in [5, 5.41) is 10.2. The third-order valence-corrected chi connectivity index (χ3v) is 7.92. The van der Waals surface area contributed by atoms with Gasteiger partial charge in [-0.25, -0.2) is 14.7 Å². The maximum atomic E-state index is 13.9. The number of aliphatic imine (C=N–C) groups is 2. The number of aryl methyl sites for hydroxylation is 1. The lowest BCUT2D eigenvalue weighted by Gasteiger charge is -2.25. The van der Waals surface area contributed by atoms with Crippen molar-refractivity contribution in [2.45, 2.75) is 38.9 Å². The van der Waals surface area contributed by atoms with Gasteiger partial charge in [-0.2, -0.15) is 5.10 Å². The topological polar surface area (TPSA) is 100 Å². The van der Waals surface area contributed by atoms with Gasteiger partial charge in [0.25, 0.3) is 0 Å². The summed E-state index contributed by atoms with van der Waals surface area (Å²) in [6.45, 7) is 7.78. The van der Waals surface area contributed by atoms with Crippen LogP contribution in [0.1, 0.15) is 26.5 Å². The molecule has 0 aromatic carbocycles. The average Bonchev–Trinajstić information content (AvgIpc) is 3.74. The second kappa shape index (κ2) is 8.32. The summed E-state index contributed by atoms with van der Waals surface area (Å²) in [5.74, 6) is 0.0671. The van der Waals surface area contributed by atoms with Crippen molar-refractivity contribution in [2.24, 2.45) is 15.4 Å². The van der Waals surface area contributed by atoms with E-state index in [9.17, 15) is 4.79 Å². The van der Waals surface area contributed by atoms with E-state index in [0.717, 1.165) is 50.3 Å². The molecule has 8 heteroatoms. The van der Waals surface area contributed by atoms with Crippen LogP contribution in [0.25, 0.3) is 23.3 Å². The standard InChI is InChI=1S/C32H29N7O/c1-20-5-6-21(17-33-20)22-18-34-39(19-22)32-12-11-26(37-32)14-25-8-7-23(35-25)13-24-9-10-27(36-24)15-31(4)29(40)30(2,3)28(16-32)38-31/h5-19,35,38H,1-4H3. The van der Waals surface area contributed by atoms with Gasteiger partial charge in [0.1, 0.15) is 5.54 Å². The predicted octanol–water partition coefficient (Wildman–Crippen LogP) is 3.26. The number of nitrogens with one attached hydrogen (secondary N) is 2. The summed E-state index contributed by atoms with van der Waals surface area (Å²) >= 11 is 0. The van der Waals surface area contributed by atoms with Crippen LogP contribution < -0.4 is 16.0 Å². The van der Waals surface area contributed by atoms with E-state index in [2.05, 4.69) is 15.3 Å². The monoisotopic (exact) mass is 527 g/mol. The predicted molar refractivity (Wildman–Crippen MR) is 157 cm³/mol. The average molecular weight is 528 g/mol. The van der Waals surface area contributed by atoms with Crippen LogP contribution in [0.3, 0.4) is 0 Å². The zero-order valence-electron chi connectivity index (χ0n) is 22.8. The van der Waals surface area contributed by atoms with Crippen LogP contribution in [0.5, 0.6) is 0 Å². The molecular formula is C32H29N7O. The number of hydrogen-bond donors (Lipinski definition) is 2. The fraction of sp³-hybridized carbons (Fsp3) is 0.219. The van der Waals surface area contributed by atoms with Crippen molar-refractivity contribution in [2.75, 3.05) is 0 Å². The van der Waals surface area contributed by atoms with Gasteiger partial charge in [-0.1, -0.05) is 6.07 Å². The first-order valence-electron chi connectivity index (χ1n) is 13.3. The Balaban J connectivity index is 1.44. The Kier molecular flexibility index (Phi) is 5.04. The van der Waals surface area contributed by atoms with Crippen molar-refractivity contribution in [1.29, 1.82) is 0 Å². The number of Topliss-reactive ketones (excluding diaryl/α,β-unsaturated/α-hetero) is 1. The number of hydrogen-bond acceptors (Lipinski definition) is 6. The van der Waals surface area contributed by atoms with Gasteiger partial charge < -0.3 is 10.3 Å². The Morgan fingerprint density at radius 3 is 2.45 bits per heavy atom. The highest BCUT2D eigenvalue weighted by Crippen LogP contribution is 2.43. The number of rotatable bonds is 2. The van der Waals surface area contributed by atoms with Crippen molar-refractivity contribution < 1.29 is 4.79 Å². The van der Waals surface area contributed by atoms with Crippen LogP contribution in [-0.4, -0.2) is 42.5 Å². The molecule has 8 bridgehead atoms. The van der Waals surface area contributed by atoms with Crippen molar-refractivity contribution in [3.63, 3.8) is 0 Å². The molecule has 0 spiro atoms. The van der Waals surface area contributed by atoms with Crippen LogP contribution in [-0.2, 0) is 10.5 Å². The van der Waals surface area contributed by atoms with E-state index >= 15 is 0 Å². The molecule has 3 aromatic rings. The molecule has 7 heterocycles. The van der Waals surface area contributed by atoms with E-state index < -0.39 is 16.6 Å². The molecule has 4 aliphatic heterocycles. The van der Waals surface area contributed by atoms with E-state index in [1.165, 1.54) is 0 Å². The van der Waals surface area contributed by atoms with Gasteiger partial charge in [0, 0.05) is 45.6 Å². The first-order chi connectivity index (χ1) is 19.1. The van der Waals surface area contributed by atoms with Crippen molar-refractivity contribution in [1.82, 2.24) is 25.1 Å². The second-order valence-electron chi connectivity index (χ2n) is 11.5. The summed E-state index contributed by atoms with van der Waals surface area (Å²) in [5.41, 5.74) is 3.32. The number of fused-ring (bicyclic) bond motifs is 6. The molecule has 0 amide bonds. The smallest absolute Gasteiger partial charge is 0.192 e. The first-order valence-corrected chi connectivity index (χ1v) is 13.3. The highest BCUT2D eigenvalue weighted by molar-refractivity contribution is 6.20. The van der Waals surface area contributed by atoms with Crippen LogP contribution >= 0.6 is 0 Å². The van der Waals surface area contributed by atoms with Crippen LogP contribution in [0.4, 0.5) is 0 Å². The molecular weight excluding hydrogens is 498 g/mol. The third-order valence-electron chi connectivity index (χ3n) is 7.92. The fourth-order valence-electron chi connectivity index (χ4n) is 5.71. The Labute approximate surface area is 231 Å². The molecule has 4 aliphatic rings. The molecule has 0 saturated carbocycles. The van der Waals surface area contributed by atoms with Gasteiger partial charge >= 0.3 is 0 Å². The van der Waals surface area contributed by atoms with Crippen molar-refractivity contribution >= 4 is 29.4 Å². The quantitative estimate of drug-likeness (QED) is 0.534. The zero-order chi connectivity index (χ0) is 27.7. The summed E-state index contributed by atoms with van der Waals surface area (Å²) in [6.07, 6.45) is 21.5. The van der Waals surface area contributed by atoms with E-state index in [1.807, 2.05) is 124 Å². The van der Waals surface area contributed by atoms with Crippen LogP contribution in [0.15, 0.2) is 101 Å². The van der Waals surface area contributed by atoms with Crippen LogP contribution in [0, 0.1) is 12.3 Å². The summed E-state index contributed by atoms with van der Waals surface area (Å²) in [4.78, 5) is 31.7. The van der Waals surface area contributed by atoms with Gasteiger partial charge in [-0.15, -0.1) is 0 Å². The van der Waals surface area contributed by atoms with Gasteiger partial charge in [-0.3, -0.25) is 9.78 Å². The molecule has 7 rings (SSSR count). The number of aromatic amines is 1. The summed E-state index contributed by atoms with van der Waals surface area (Å²) < 4.78 is 1.84. The normalized spacial score (nSPS) is 25.9. The van der Waals surface area contributed by atoms with Gasteiger partial charge in [0.2, 0.25) is 0 Å².